The molecule has 0 saturated carbocycles. The van der Waals surface area contributed by atoms with Gasteiger partial charge in [-0.3, -0.25) is 4.79 Å². The lowest BCUT2D eigenvalue weighted by atomic mass is 10.1. The molecule has 0 fully saturated rings. The third-order valence-corrected chi connectivity index (χ3v) is 3.82. The molecule has 0 aliphatic rings. The average Bonchev–Trinajstić information content (AvgIpc) is 3.07. The molecule has 1 atom stereocenters. The van der Waals surface area contributed by atoms with Crippen molar-refractivity contribution in [1.82, 2.24) is 19.9 Å². The summed E-state index contributed by atoms with van der Waals surface area (Å²) in [5.41, 5.74) is 1.35. The number of pyridine rings is 1. The summed E-state index contributed by atoms with van der Waals surface area (Å²) < 4.78 is 7.36. The topological polar surface area (TPSA) is 69.0 Å². The van der Waals surface area contributed by atoms with Gasteiger partial charge in [0.15, 0.2) is 0 Å². The minimum absolute atomic E-state index is 0.256. The lowest BCUT2D eigenvalue weighted by Crippen LogP contribution is -2.31. The SMILES string of the molecule is CCOc1ncccc1C(=O)N[C@H](c1ccccc1)c1nccn1C. The zero-order valence-electron chi connectivity index (χ0n) is 14.2. The zero-order valence-corrected chi connectivity index (χ0v) is 14.2. The number of ether oxygens (including phenoxy) is 1. The van der Waals surface area contributed by atoms with Crippen LogP contribution >= 0.6 is 0 Å². The van der Waals surface area contributed by atoms with Gasteiger partial charge in [-0.25, -0.2) is 9.97 Å². The average molecular weight is 336 g/mol. The fourth-order valence-corrected chi connectivity index (χ4v) is 2.62. The quantitative estimate of drug-likeness (QED) is 0.751. The van der Waals surface area contributed by atoms with Crippen molar-refractivity contribution < 1.29 is 9.53 Å². The predicted molar refractivity (Wildman–Crippen MR) is 94.4 cm³/mol. The number of carbonyl (C=O) groups is 1. The van der Waals surface area contributed by atoms with Gasteiger partial charge in [0.1, 0.15) is 17.4 Å². The van der Waals surface area contributed by atoms with Crippen molar-refractivity contribution in [1.29, 1.82) is 0 Å². The predicted octanol–water partition coefficient (Wildman–Crippen LogP) is 2.73. The largest absolute Gasteiger partial charge is 0.477 e. The van der Waals surface area contributed by atoms with E-state index in [1.165, 1.54) is 0 Å². The van der Waals surface area contributed by atoms with Crippen molar-refractivity contribution in [3.63, 3.8) is 0 Å². The first-order chi connectivity index (χ1) is 12.2. The number of nitrogens with zero attached hydrogens (tertiary/aromatic N) is 3. The summed E-state index contributed by atoms with van der Waals surface area (Å²) in [5, 5.41) is 3.05. The maximum Gasteiger partial charge on any atom is 0.257 e. The molecule has 2 heterocycles. The minimum Gasteiger partial charge on any atom is -0.477 e. The molecule has 0 aliphatic carbocycles. The van der Waals surface area contributed by atoms with Crippen molar-refractivity contribution in [3.8, 4) is 5.88 Å². The molecule has 0 spiro atoms. The second-order valence-corrected chi connectivity index (χ2v) is 5.50. The number of hydrogen-bond acceptors (Lipinski definition) is 4. The van der Waals surface area contributed by atoms with E-state index in [0.717, 1.165) is 11.4 Å². The van der Waals surface area contributed by atoms with E-state index in [-0.39, 0.29) is 11.9 Å². The van der Waals surface area contributed by atoms with Gasteiger partial charge in [0.2, 0.25) is 5.88 Å². The van der Waals surface area contributed by atoms with Crippen LogP contribution in [0.3, 0.4) is 0 Å². The summed E-state index contributed by atoms with van der Waals surface area (Å²) in [7, 11) is 1.90. The highest BCUT2D eigenvalue weighted by molar-refractivity contribution is 5.96. The standard InChI is InChI=1S/C19H20N4O2/c1-3-25-19-15(10-7-11-21-19)18(24)22-16(14-8-5-4-6-9-14)17-20-12-13-23(17)2/h4-13,16H,3H2,1-2H3,(H,22,24)/t16-/m1/s1. The van der Waals surface area contributed by atoms with Crippen LogP contribution in [0.5, 0.6) is 5.88 Å². The molecule has 0 aliphatic heterocycles. The fourth-order valence-electron chi connectivity index (χ4n) is 2.62. The van der Waals surface area contributed by atoms with Gasteiger partial charge in [-0.05, 0) is 24.6 Å². The molecule has 25 heavy (non-hydrogen) atoms. The molecule has 6 nitrogen and oxygen atoms in total. The first-order valence-electron chi connectivity index (χ1n) is 8.11. The molecule has 128 valence electrons. The van der Waals surface area contributed by atoms with Crippen LogP contribution in [0, 0.1) is 0 Å². The lowest BCUT2D eigenvalue weighted by molar-refractivity contribution is 0.0936. The maximum atomic E-state index is 12.9. The summed E-state index contributed by atoms with van der Waals surface area (Å²) in [6.45, 7) is 2.30. The highest BCUT2D eigenvalue weighted by Crippen LogP contribution is 2.22. The number of rotatable bonds is 6. The van der Waals surface area contributed by atoms with Crippen molar-refractivity contribution in [2.45, 2.75) is 13.0 Å². The van der Waals surface area contributed by atoms with Gasteiger partial charge in [0, 0.05) is 25.6 Å². The van der Waals surface area contributed by atoms with Crippen molar-refractivity contribution in [2.75, 3.05) is 6.61 Å². The Morgan fingerprint density at radius 2 is 1.96 bits per heavy atom. The van der Waals surface area contributed by atoms with Gasteiger partial charge < -0.3 is 14.6 Å². The van der Waals surface area contributed by atoms with E-state index in [1.54, 1.807) is 24.5 Å². The Morgan fingerprint density at radius 3 is 2.64 bits per heavy atom. The zero-order chi connectivity index (χ0) is 17.6. The van der Waals surface area contributed by atoms with E-state index in [2.05, 4.69) is 15.3 Å². The Balaban J connectivity index is 1.94. The molecule has 1 N–H and O–H groups in total. The van der Waals surface area contributed by atoms with E-state index < -0.39 is 0 Å². The Labute approximate surface area is 146 Å². The summed E-state index contributed by atoms with van der Waals surface area (Å²) in [4.78, 5) is 21.4. The Kier molecular flexibility index (Phi) is 5.09. The Bertz CT molecular complexity index is 845. The van der Waals surface area contributed by atoms with Gasteiger partial charge >= 0.3 is 0 Å². The van der Waals surface area contributed by atoms with Crippen molar-refractivity contribution in [3.05, 3.63) is 78.0 Å². The molecule has 3 rings (SSSR count). The van der Waals surface area contributed by atoms with Crippen LogP contribution in [0.2, 0.25) is 0 Å². The van der Waals surface area contributed by atoms with Crippen LogP contribution in [-0.4, -0.2) is 27.0 Å². The summed E-state index contributed by atoms with van der Waals surface area (Å²) in [6.07, 6.45) is 5.18. The van der Waals surface area contributed by atoms with Gasteiger partial charge in [-0.1, -0.05) is 30.3 Å². The normalized spacial score (nSPS) is 11.8. The molecule has 0 radical (unpaired) electrons. The molecule has 3 aromatic rings. The summed E-state index contributed by atoms with van der Waals surface area (Å²) >= 11 is 0. The number of benzene rings is 1. The molecule has 0 bridgehead atoms. The first kappa shape index (κ1) is 16.7. The molecule has 1 aromatic carbocycles. The number of aryl methyl sites for hydroxylation is 1. The lowest BCUT2D eigenvalue weighted by Gasteiger charge is -2.19. The molecule has 2 aromatic heterocycles. The number of hydrogen-bond donors (Lipinski definition) is 1. The van der Waals surface area contributed by atoms with Crippen molar-refractivity contribution in [2.24, 2.45) is 7.05 Å². The van der Waals surface area contributed by atoms with Crippen LogP contribution in [0.4, 0.5) is 0 Å². The van der Waals surface area contributed by atoms with Crippen LogP contribution in [0.25, 0.3) is 0 Å². The van der Waals surface area contributed by atoms with Gasteiger partial charge in [0.25, 0.3) is 5.91 Å². The van der Waals surface area contributed by atoms with Gasteiger partial charge in [-0.2, -0.15) is 0 Å². The molecular formula is C19H20N4O2. The highest BCUT2D eigenvalue weighted by atomic mass is 16.5. The van der Waals surface area contributed by atoms with E-state index in [0.29, 0.717) is 18.1 Å². The number of nitrogens with one attached hydrogen (secondary N) is 1. The Morgan fingerprint density at radius 1 is 1.16 bits per heavy atom. The number of imidazole rings is 1. The van der Waals surface area contributed by atoms with Crippen molar-refractivity contribution >= 4 is 5.91 Å². The van der Waals surface area contributed by atoms with Gasteiger partial charge in [-0.15, -0.1) is 0 Å². The van der Waals surface area contributed by atoms with E-state index in [1.807, 2.05) is 55.1 Å². The third kappa shape index (κ3) is 3.68. The van der Waals surface area contributed by atoms with Crippen LogP contribution in [0.15, 0.2) is 61.1 Å². The molecule has 6 heteroatoms. The smallest absolute Gasteiger partial charge is 0.257 e. The maximum absolute atomic E-state index is 12.9. The molecule has 1 amide bonds. The van der Waals surface area contributed by atoms with Crippen LogP contribution in [0.1, 0.15) is 34.7 Å². The van der Waals surface area contributed by atoms with E-state index >= 15 is 0 Å². The van der Waals surface area contributed by atoms with E-state index in [9.17, 15) is 4.79 Å². The summed E-state index contributed by atoms with van der Waals surface area (Å²) in [6, 6.07) is 12.8. The monoisotopic (exact) mass is 336 g/mol. The highest BCUT2D eigenvalue weighted by Gasteiger charge is 2.23. The van der Waals surface area contributed by atoms with Crippen LogP contribution < -0.4 is 10.1 Å². The number of amides is 1. The summed E-state index contributed by atoms with van der Waals surface area (Å²) in [5.74, 6) is 0.823. The second kappa shape index (κ2) is 7.61. The van der Waals surface area contributed by atoms with Crippen LogP contribution in [-0.2, 0) is 7.05 Å². The minimum atomic E-state index is -0.372. The molecular weight excluding hydrogens is 316 g/mol. The molecule has 0 unspecified atom stereocenters. The third-order valence-electron chi connectivity index (χ3n) is 3.82. The van der Waals surface area contributed by atoms with Gasteiger partial charge in [0.05, 0.1) is 6.61 Å². The first-order valence-corrected chi connectivity index (χ1v) is 8.11. The Hall–Kier alpha value is -3.15. The molecule has 0 saturated heterocycles. The van der Waals surface area contributed by atoms with E-state index in [4.69, 9.17) is 4.74 Å². The number of aromatic nitrogens is 3. The second-order valence-electron chi connectivity index (χ2n) is 5.50. The number of carbonyl (C=O) groups excluding carboxylic acids is 1. The fraction of sp³-hybridized carbons (Fsp3) is 0.211.